The quantitative estimate of drug-likeness (QED) is 0.761. The van der Waals surface area contributed by atoms with Gasteiger partial charge in [-0.2, -0.15) is 18.3 Å². The average molecular weight is 349 g/mol. The van der Waals surface area contributed by atoms with E-state index in [4.69, 9.17) is 0 Å². The Labute approximate surface area is 142 Å². The van der Waals surface area contributed by atoms with Crippen molar-refractivity contribution in [1.29, 1.82) is 0 Å². The van der Waals surface area contributed by atoms with Crippen LogP contribution in [0.5, 0.6) is 0 Å². The van der Waals surface area contributed by atoms with E-state index < -0.39 is 11.9 Å². The first-order valence-corrected chi connectivity index (χ1v) is 8.25. The molecule has 2 N–H and O–H groups in total. The summed E-state index contributed by atoms with van der Waals surface area (Å²) in [7, 11) is 0. The van der Waals surface area contributed by atoms with Gasteiger partial charge in [0.25, 0.3) is 0 Å². The molecule has 1 aliphatic rings. The monoisotopic (exact) mass is 349 g/mol. The van der Waals surface area contributed by atoms with Gasteiger partial charge in [0.15, 0.2) is 5.69 Å². The Bertz CT molecular complexity index is 880. The first kappa shape index (κ1) is 16.1. The Morgan fingerprint density at radius 3 is 3.04 bits per heavy atom. The number of benzene rings is 1. The number of nitrogens with zero attached hydrogens (tertiary/aromatic N) is 3. The molecular formula is C17H18F3N5. The minimum Gasteiger partial charge on any atom is -0.334 e. The maximum atomic E-state index is 12.8. The summed E-state index contributed by atoms with van der Waals surface area (Å²) >= 11 is 0. The predicted octanol–water partition coefficient (Wildman–Crippen LogP) is 3.13. The summed E-state index contributed by atoms with van der Waals surface area (Å²) in [5, 5.41) is 11.4. The number of aromatic nitrogens is 4. The first-order valence-electron chi connectivity index (χ1n) is 8.25. The lowest BCUT2D eigenvalue weighted by Crippen LogP contribution is -2.29. The Hall–Kier alpha value is -2.35. The maximum Gasteiger partial charge on any atom is 0.434 e. The van der Waals surface area contributed by atoms with Crippen LogP contribution in [-0.4, -0.2) is 26.3 Å². The van der Waals surface area contributed by atoms with Gasteiger partial charge in [0.05, 0.1) is 11.7 Å². The Morgan fingerprint density at radius 1 is 1.32 bits per heavy atom. The number of alkyl halides is 3. The maximum absolute atomic E-state index is 12.8. The van der Waals surface area contributed by atoms with Crippen molar-refractivity contribution in [2.45, 2.75) is 32.1 Å². The van der Waals surface area contributed by atoms with Crippen LogP contribution in [0.25, 0.3) is 10.9 Å². The van der Waals surface area contributed by atoms with Crippen LogP contribution < -0.4 is 5.32 Å². The van der Waals surface area contributed by atoms with E-state index in [0.29, 0.717) is 24.7 Å². The predicted molar refractivity (Wildman–Crippen MR) is 86.8 cm³/mol. The number of H-pyrrole nitrogens is 1. The lowest BCUT2D eigenvalue weighted by molar-refractivity contribution is -0.141. The summed E-state index contributed by atoms with van der Waals surface area (Å²) in [6, 6.07) is 6.13. The second-order valence-corrected chi connectivity index (χ2v) is 6.52. The molecule has 0 fully saturated rings. The molecule has 3 aromatic rings. The molecule has 4 rings (SSSR count). The second-order valence-electron chi connectivity index (χ2n) is 6.52. The number of halogens is 3. The third-order valence-electron chi connectivity index (χ3n) is 4.65. The Kier molecular flexibility index (Phi) is 3.99. The molecule has 5 nitrogen and oxygen atoms in total. The van der Waals surface area contributed by atoms with Crippen molar-refractivity contribution >= 4 is 10.9 Å². The normalized spacial score (nSPS) is 17.8. The van der Waals surface area contributed by atoms with Crippen LogP contribution in [0.15, 0.2) is 30.6 Å². The standard InChI is InChI=1S/C17H18F3N5/c18-17(19,20)15-10-25-9-12(2-4-16(25)23-15)7-21-6-11-1-3-13-8-22-24-14(13)5-11/h1,3,5,8,10,12,21H,2,4,6-7,9H2,(H,22,24). The minimum atomic E-state index is -4.37. The number of rotatable bonds is 4. The smallest absolute Gasteiger partial charge is 0.334 e. The highest BCUT2D eigenvalue weighted by Gasteiger charge is 2.35. The molecule has 2 aromatic heterocycles. The van der Waals surface area contributed by atoms with Gasteiger partial charge in [0.1, 0.15) is 5.82 Å². The van der Waals surface area contributed by atoms with E-state index in [2.05, 4.69) is 32.6 Å². The van der Waals surface area contributed by atoms with Gasteiger partial charge in [-0.1, -0.05) is 12.1 Å². The third-order valence-corrected chi connectivity index (χ3v) is 4.65. The van der Waals surface area contributed by atoms with E-state index in [0.717, 1.165) is 42.2 Å². The fraction of sp³-hybridized carbons (Fsp3) is 0.412. The number of aromatic amines is 1. The molecule has 132 valence electrons. The molecule has 1 unspecified atom stereocenters. The van der Waals surface area contributed by atoms with Crippen molar-refractivity contribution in [3.8, 4) is 0 Å². The van der Waals surface area contributed by atoms with Crippen molar-refractivity contribution < 1.29 is 13.2 Å². The third kappa shape index (κ3) is 3.39. The van der Waals surface area contributed by atoms with Gasteiger partial charge < -0.3 is 9.88 Å². The van der Waals surface area contributed by atoms with E-state index in [1.807, 2.05) is 6.07 Å². The lowest BCUT2D eigenvalue weighted by Gasteiger charge is -2.24. The van der Waals surface area contributed by atoms with Crippen LogP contribution in [0.4, 0.5) is 13.2 Å². The number of fused-ring (bicyclic) bond motifs is 2. The van der Waals surface area contributed by atoms with E-state index in [1.54, 1.807) is 10.8 Å². The summed E-state index contributed by atoms with van der Waals surface area (Å²) in [6.45, 7) is 2.06. The zero-order valence-electron chi connectivity index (χ0n) is 13.5. The Morgan fingerprint density at radius 2 is 2.20 bits per heavy atom. The zero-order valence-corrected chi connectivity index (χ0v) is 13.5. The van der Waals surface area contributed by atoms with Crippen molar-refractivity contribution in [1.82, 2.24) is 25.1 Å². The van der Waals surface area contributed by atoms with Gasteiger partial charge in [0.2, 0.25) is 0 Å². The van der Waals surface area contributed by atoms with Crippen LogP contribution in [0.1, 0.15) is 23.5 Å². The van der Waals surface area contributed by atoms with Crippen LogP contribution in [0.3, 0.4) is 0 Å². The molecule has 3 heterocycles. The molecule has 0 amide bonds. The molecule has 0 saturated heterocycles. The lowest BCUT2D eigenvalue weighted by atomic mass is 9.99. The molecule has 0 saturated carbocycles. The van der Waals surface area contributed by atoms with Crippen molar-refractivity contribution in [2.75, 3.05) is 6.54 Å². The highest BCUT2D eigenvalue weighted by Crippen LogP contribution is 2.30. The molecule has 1 aliphatic heterocycles. The van der Waals surface area contributed by atoms with Crippen LogP contribution >= 0.6 is 0 Å². The molecular weight excluding hydrogens is 331 g/mol. The largest absolute Gasteiger partial charge is 0.434 e. The van der Waals surface area contributed by atoms with Crippen molar-refractivity contribution in [3.05, 3.63) is 47.7 Å². The fourth-order valence-electron chi connectivity index (χ4n) is 3.33. The van der Waals surface area contributed by atoms with Gasteiger partial charge in [-0.3, -0.25) is 5.10 Å². The van der Waals surface area contributed by atoms with Crippen molar-refractivity contribution in [2.24, 2.45) is 5.92 Å². The summed E-state index contributed by atoms with van der Waals surface area (Å²) < 4.78 is 39.9. The molecule has 0 bridgehead atoms. The highest BCUT2D eigenvalue weighted by molar-refractivity contribution is 5.78. The highest BCUT2D eigenvalue weighted by atomic mass is 19.4. The SMILES string of the molecule is FC(F)(F)c1cn2c(n1)CCC(CNCc1ccc3cn[nH]c3c1)C2. The van der Waals surface area contributed by atoms with Crippen LogP contribution in [0, 0.1) is 5.92 Å². The molecule has 0 aliphatic carbocycles. The van der Waals surface area contributed by atoms with E-state index in [1.165, 1.54) is 0 Å². The molecule has 25 heavy (non-hydrogen) atoms. The van der Waals surface area contributed by atoms with Crippen LogP contribution in [0.2, 0.25) is 0 Å². The topological polar surface area (TPSA) is 58.5 Å². The summed E-state index contributed by atoms with van der Waals surface area (Å²) in [5.41, 5.74) is 1.36. The van der Waals surface area contributed by atoms with E-state index >= 15 is 0 Å². The molecule has 1 atom stereocenters. The average Bonchev–Trinajstić information content (AvgIpc) is 3.20. The second kappa shape index (κ2) is 6.18. The zero-order chi connectivity index (χ0) is 17.4. The first-order chi connectivity index (χ1) is 12.0. The number of aryl methyl sites for hydroxylation is 1. The van der Waals surface area contributed by atoms with Crippen LogP contribution in [-0.2, 0) is 25.7 Å². The van der Waals surface area contributed by atoms with Gasteiger partial charge in [-0.25, -0.2) is 4.98 Å². The van der Waals surface area contributed by atoms with Gasteiger partial charge >= 0.3 is 6.18 Å². The fourth-order valence-corrected chi connectivity index (χ4v) is 3.33. The minimum absolute atomic E-state index is 0.304. The molecule has 8 heteroatoms. The number of imidazole rings is 1. The summed E-state index contributed by atoms with van der Waals surface area (Å²) in [4.78, 5) is 3.72. The molecule has 0 radical (unpaired) electrons. The molecule has 0 spiro atoms. The summed E-state index contributed by atoms with van der Waals surface area (Å²) in [6.07, 6.45) is -0.0209. The Balaban J connectivity index is 1.34. The van der Waals surface area contributed by atoms with E-state index in [9.17, 15) is 13.2 Å². The molecule has 1 aromatic carbocycles. The number of nitrogens with one attached hydrogen (secondary N) is 2. The number of hydrogen-bond donors (Lipinski definition) is 2. The van der Waals surface area contributed by atoms with Gasteiger partial charge in [-0.05, 0) is 30.5 Å². The van der Waals surface area contributed by atoms with Crippen molar-refractivity contribution in [3.63, 3.8) is 0 Å². The number of hydrogen-bond acceptors (Lipinski definition) is 3. The summed E-state index contributed by atoms with van der Waals surface area (Å²) in [5.74, 6) is 0.840. The van der Waals surface area contributed by atoms with Gasteiger partial charge in [0, 0.05) is 31.1 Å². The van der Waals surface area contributed by atoms with E-state index in [-0.39, 0.29) is 0 Å². The van der Waals surface area contributed by atoms with Gasteiger partial charge in [-0.15, -0.1) is 0 Å².